The van der Waals surface area contributed by atoms with Gasteiger partial charge in [-0.3, -0.25) is 4.52 Å². The van der Waals surface area contributed by atoms with Crippen LogP contribution in [0.25, 0.3) is 58.8 Å². The number of benzene rings is 3. The molecular weight excluding hydrogens is 595 g/mol. The van der Waals surface area contributed by atoms with Crippen LogP contribution < -0.4 is 0 Å². The van der Waals surface area contributed by atoms with Gasteiger partial charge >= 0.3 is 0 Å². The first-order valence-corrected chi connectivity index (χ1v) is 10.8. The molecule has 0 saturated heterocycles. The monoisotopic (exact) mass is 608 g/mol. The summed E-state index contributed by atoms with van der Waals surface area (Å²) < 4.78 is 5.34. The van der Waals surface area contributed by atoms with Gasteiger partial charge < -0.3 is 4.57 Å². The number of hydrogen-bond donors (Lipinski definition) is 0. The van der Waals surface area contributed by atoms with E-state index in [1.807, 2.05) is 28.9 Å². The Kier molecular flexibility index (Phi) is 4.23. The normalized spacial score (nSPS) is 11.5. The quantitative estimate of drug-likeness (QED) is 0.182. The van der Waals surface area contributed by atoms with Gasteiger partial charge in [-0.05, 0) is 23.7 Å². The van der Waals surface area contributed by atoms with E-state index in [1.54, 1.807) is 0 Å². The van der Waals surface area contributed by atoms with Crippen LogP contribution in [0.3, 0.4) is 0 Å². The molecule has 0 fully saturated rings. The molecular formula is C26H13N4PtS-. The zero-order valence-electron chi connectivity index (χ0n) is 16.5. The molecule has 0 aliphatic heterocycles. The number of fused-ring (bicyclic) bond motifs is 9. The van der Waals surface area contributed by atoms with Crippen molar-refractivity contribution in [2.75, 3.05) is 0 Å². The van der Waals surface area contributed by atoms with Crippen molar-refractivity contribution in [2.45, 2.75) is 0 Å². The van der Waals surface area contributed by atoms with Gasteiger partial charge in [0.2, 0.25) is 5.00 Å². The van der Waals surface area contributed by atoms with Crippen LogP contribution >= 0.6 is 11.3 Å². The minimum Gasteiger partial charge on any atom is -0.306 e. The van der Waals surface area contributed by atoms with Crippen LogP contribution in [0.2, 0.25) is 0 Å². The van der Waals surface area contributed by atoms with Gasteiger partial charge in [0.05, 0.1) is 29.5 Å². The molecule has 7 rings (SSSR count). The molecule has 0 unspecified atom stereocenters. The van der Waals surface area contributed by atoms with Crippen LogP contribution in [0, 0.1) is 12.6 Å². The zero-order valence-corrected chi connectivity index (χ0v) is 19.6. The molecule has 0 aliphatic carbocycles. The first-order chi connectivity index (χ1) is 15.3. The van der Waals surface area contributed by atoms with Gasteiger partial charge in [-0.1, -0.05) is 41.8 Å². The van der Waals surface area contributed by atoms with Gasteiger partial charge in [0.15, 0.2) is 0 Å². The van der Waals surface area contributed by atoms with Gasteiger partial charge in [-0.15, -0.1) is 5.39 Å². The third kappa shape index (κ3) is 2.42. The van der Waals surface area contributed by atoms with Gasteiger partial charge in [-0.2, -0.15) is 40.7 Å². The second-order valence-electron chi connectivity index (χ2n) is 7.53. The molecule has 0 N–H and O–H groups in total. The van der Waals surface area contributed by atoms with E-state index in [1.165, 1.54) is 22.1 Å². The Bertz CT molecular complexity index is 1810. The molecule has 154 valence electrons. The van der Waals surface area contributed by atoms with Crippen LogP contribution in [-0.4, -0.2) is 14.2 Å². The fraction of sp³-hybridized carbons (Fsp3) is 0. The first-order valence-electron chi connectivity index (χ1n) is 9.95. The van der Waals surface area contributed by atoms with E-state index in [-0.39, 0.29) is 21.1 Å². The van der Waals surface area contributed by atoms with Crippen molar-refractivity contribution in [2.24, 2.45) is 0 Å². The Morgan fingerprint density at radius 2 is 1.56 bits per heavy atom. The van der Waals surface area contributed by atoms with Gasteiger partial charge in [0, 0.05) is 36.5 Å². The second kappa shape index (κ2) is 7.03. The molecule has 0 radical (unpaired) electrons. The van der Waals surface area contributed by atoms with Crippen molar-refractivity contribution >= 4 is 64.6 Å². The predicted molar refractivity (Wildman–Crippen MR) is 128 cm³/mol. The summed E-state index contributed by atoms with van der Waals surface area (Å²) in [5.41, 5.74) is 5.24. The molecule has 3 aromatic carbocycles. The largest absolute Gasteiger partial charge is 0.306 e. The third-order valence-corrected chi connectivity index (χ3v) is 6.99. The Labute approximate surface area is 201 Å². The van der Waals surface area contributed by atoms with Crippen LogP contribution in [0.5, 0.6) is 0 Å². The van der Waals surface area contributed by atoms with Gasteiger partial charge in [-0.25, -0.2) is 4.85 Å². The maximum Gasteiger partial charge on any atom is 0.241 e. The first kappa shape index (κ1) is 19.2. The summed E-state index contributed by atoms with van der Waals surface area (Å²) in [4.78, 5) is 3.72. The minimum absolute atomic E-state index is 0. The smallest absolute Gasteiger partial charge is 0.241 e. The summed E-state index contributed by atoms with van der Waals surface area (Å²) in [6.07, 6.45) is 1.94. The van der Waals surface area contributed by atoms with E-state index in [4.69, 9.17) is 11.7 Å². The fourth-order valence-corrected chi connectivity index (χ4v) is 5.70. The second-order valence-corrected chi connectivity index (χ2v) is 8.56. The van der Waals surface area contributed by atoms with E-state index in [0.29, 0.717) is 5.00 Å². The van der Waals surface area contributed by atoms with Crippen LogP contribution in [0.15, 0.2) is 79.0 Å². The molecule has 4 aromatic heterocycles. The van der Waals surface area contributed by atoms with Crippen LogP contribution in [-0.2, 0) is 21.1 Å². The van der Waals surface area contributed by atoms with Crippen LogP contribution in [0.4, 0.5) is 5.00 Å². The molecule has 32 heavy (non-hydrogen) atoms. The van der Waals surface area contributed by atoms with Crippen molar-refractivity contribution in [3.63, 3.8) is 0 Å². The van der Waals surface area contributed by atoms with Gasteiger partial charge in [0.1, 0.15) is 5.52 Å². The van der Waals surface area contributed by atoms with Crippen molar-refractivity contribution < 1.29 is 21.1 Å². The fourth-order valence-electron chi connectivity index (χ4n) is 4.70. The summed E-state index contributed by atoms with van der Waals surface area (Å²) in [6, 6.07) is 28.3. The maximum atomic E-state index is 7.56. The Morgan fingerprint density at radius 3 is 2.28 bits per heavy atom. The minimum atomic E-state index is 0. The number of aromatic nitrogens is 3. The zero-order chi connectivity index (χ0) is 20.5. The van der Waals surface area contributed by atoms with E-state index in [0.717, 1.165) is 43.2 Å². The summed E-state index contributed by atoms with van der Waals surface area (Å²) in [5, 5.41) is 10.1. The average molecular weight is 609 g/mol. The van der Waals surface area contributed by atoms with Crippen molar-refractivity contribution in [1.29, 1.82) is 0 Å². The topological polar surface area (TPSA) is 26.6 Å². The molecule has 6 heteroatoms. The summed E-state index contributed by atoms with van der Waals surface area (Å²) in [7, 11) is 0. The van der Waals surface area contributed by atoms with E-state index < -0.39 is 0 Å². The molecule has 0 saturated carbocycles. The Morgan fingerprint density at radius 1 is 0.875 bits per heavy atom. The standard InChI is InChI=1S/C26H13N4S.Pt/c1-27-24-14-19-18-10-4-7-13-22(18)30-25(26(19)31-24)23(15-28-30)29-20-11-5-2-8-16(20)17-9-3-6-12-21(17)29;/h2-12,14-15H;/q-1;. The average Bonchev–Trinajstić information content (AvgIpc) is 3.52. The molecule has 4 heterocycles. The maximum absolute atomic E-state index is 7.56. The number of rotatable bonds is 1. The molecule has 0 atom stereocenters. The summed E-state index contributed by atoms with van der Waals surface area (Å²) in [5.74, 6) is 0. The third-order valence-electron chi connectivity index (χ3n) is 5.95. The number of hydrogen-bond acceptors (Lipinski definition) is 2. The number of nitrogens with zero attached hydrogens (tertiary/aromatic N) is 4. The molecule has 0 bridgehead atoms. The summed E-state index contributed by atoms with van der Waals surface area (Å²) in [6.45, 7) is 7.56. The Hall–Kier alpha value is -3.45. The molecule has 4 nitrogen and oxygen atoms in total. The Balaban J connectivity index is 0.00000196. The van der Waals surface area contributed by atoms with Crippen molar-refractivity contribution in [3.05, 3.63) is 96.5 Å². The summed E-state index contributed by atoms with van der Waals surface area (Å²) >= 11 is 1.53. The predicted octanol–water partition coefficient (Wildman–Crippen LogP) is 7.15. The number of pyridine rings is 1. The molecule has 7 aromatic rings. The van der Waals surface area contributed by atoms with E-state index in [2.05, 4.69) is 70.1 Å². The molecule has 0 aliphatic rings. The number of thiophene rings is 1. The van der Waals surface area contributed by atoms with Crippen LogP contribution in [0.1, 0.15) is 0 Å². The number of para-hydroxylation sites is 3. The van der Waals surface area contributed by atoms with Crippen molar-refractivity contribution in [1.82, 2.24) is 14.2 Å². The van der Waals surface area contributed by atoms with E-state index >= 15 is 0 Å². The van der Waals surface area contributed by atoms with Gasteiger partial charge in [0.25, 0.3) is 0 Å². The van der Waals surface area contributed by atoms with E-state index in [9.17, 15) is 0 Å². The molecule has 0 amide bonds. The SMILES string of the molecule is [C-]#[N+]c1cc2c3ccc[c-]c3n3ncc(-n4c5ccccc5c5ccccc54)c3c2s1.[Pt]. The van der Waals surface area contributed by atoms with Crippen molar-refractivity contribution in [3.8, 4) is 5.69 Å². The molecule has 0 spiro atoms.